The van der Waals surface area contributed by atoms with Crippen LogP contribution in [-0.2, 0) is 0 Å². The summed E-state index contributed by atoms with van der Waals surface area (Å²) in [5.74, 6) is -1.91. The van der Waals surface area contributed by atoms with Gasteiger partial charge in [-0.15, -0.1) is 0 Å². The van der Waals surface area contributed by atoms with Gasteiger partial charge in [0.25, 0.3) is 5.56 Å². The van der Waals surface area contributed by atoms with Gasteiger partial charge in [0.1, 0.15) is 0 Å². The third kappa shape index (κ3) is 4.13. The number of aromatic carboxylic acids is 1. The zero-order valence-corrected chi connectivity index (χ0v) is 17.0. The molecule has 0 saturated heterocycles. The maximum atomic E-state index is 12.2. The van der Waals surface area contributed by atoms with Gasteiger partial charge >= 0.3 is 11.7 Å². The number of nitriles is 1. The Bertz CT molecular complexity index is 1270. The van der Waals surface area contributed by atoms with E-state index < -0.39 is 22.9 Å². The van der Waals surface area contributed by atoms with Crippen molar-refractivity contribution in [3.05, 3.63) is 89.7 Å². The molecule has 0 saturated carbocycles. The van der Waals surface area contributed by atoms with Gasteiger partial charge in [-0.05, 0) is 47.9 Å². The van der Waals surface area contributed by atoms with Crippen molar-refractivity contribution in [2.75, 3.05) is 0 Å². The number of hydrogen-bond donors (Lipinski definition) is 2. The number of hydrogen-bond acceptors (Lipinski definition) is 5. The summed E-state index contributed by atoms with van der Waals surface area (Å²) >= 11 is 12.5. The molecule has 1 atom stereocenters. The maximum Gasteiger partial charge on any atom is 0.362 e. The normalized spacial score (nSPS) is 11.7. The highest BCUT2D eigenvalue weighted by atomic mass is 35.5. The van der Waals surface area contributed by atoms with Crippen LogP contribution in [0.3, 0.4) is 0 Å². The summed E-state index contributed by atoms with van der Waals surface area (Å²) in [5, 5.41) is 22.9. The molecule has 152 valence electrons. The van der Waals surface area contributed by atoms with Crippen molar-refractivity contribution in [2.45, 2.75) is 19.3 Å². The second-order valence-corrected chi connectivity index (χ2v) is 7.29. The number of aromatic amines is 1. The van der Waals surface area contributed by atoms with Gasteiger partial charge in [-0.1, -0.05) is 35.3 Å². The van der Waals surface area contributed by atoms with Crippen molar-refractivity contribution in [1.29, 1.82) is 5.26 Å². The summed E-state index contributed by atoms with van der Waals surface area (Å²) in [7, 11) is 0. The van der Waals surface area contributed by atoms with Crippen molar-refractivity contribution >= 4 is 29.2 Å². The van der Waals surface area contributed by atoms with E-state index in [0.29, 0.717) is 16.1 Å². The molecule has 0 bridgehead atoms. The number of carboxylic acid groups (broad SMARTS) is 1. The molecule has 0 aliphatic carbocycles. The quantitative estimate of drug-likeness (QED) is 0.620. The zero-order chi connectivity index (χ0) is 22.0. The fourth-order valence-corrected chi connectivity index (χ4v) is 3.71. The molecule has 2 N–H and O–H groups in total. The monoisotopic (exact) mass is 444 g/mol. The van der Waals surface area contributed by atoms with Crippen molar-refractivity contribution in [3.63, 3.8) is 0 Å². The SMILES string of the molecule is Cc1cc(-n2nc(C(=O)O)c(=O)[nH]c2=O)cc(Cl)c1C(CC#N)c1ccc(Cl)cc1. The average molecular weight is 445 g/mol. The maximum absolute atomic E-state index is 12.2. The number of carbonyl (C=O) groups is 1. The summed E-state index contributed by atoms with van der Waals surface area (Å²) in [6.07, 6.45) is 0.154. The largest absolute Gasteiger partial charge is 0.476 e. The van der Waals surface area contributed by atoms with E-state index in [0.717, 1.165) is 10.2 Å². The predicted molar refractivity (Wildman–Crippen MR) is 111 cm³/mol. The van der Waals surface area contributed by atoms with E-state index in [-0.39, 0.29) is 23.0 Å². The molecule has 2 aromatic carbocycles. The van der Waals surface area contributed by atoms with Gasteiger partial charge in [0.2, 0.25) is 5.69 Å². The predicted octanol–water partition coefficient (Wildman–Crippen LogP) is 3.28. The van der Waals surface area contributed by atoms with Gasteiger partial charge in [0, 0.05) is 22.4 Å². The molecular weight excluding hydrogens is 431 g/mol. The van der Waals surface area contributed by atoms with Crippen molar-refractivity contribution < 1.29 is 9.90 Å². The van der Waals surface area contributed by atoms with Crippen molar-refractivity contribution in [3.8, 4) is 11.8 Å². The minimum absolute atomic E-state index is 0.154. The lowest BCUT2D eigenvalue weighted by atomic mass is 9.86. The van der Waals surface area contributed by atoms with Gasteiger partial charge in [-0.25, -0.2) is 9.59 Å². The molecule has 1 aromatic heterocycles. The summed E-state index contributed by atoms with van der Waals surface area (Å²) in [4.78, 5) is 36.9. The number of carboxylic acids is 1. The molecule has 0 fully saturated rings. The number of halogens is 2. The van der Waals surface area contributed by atoms with Gasteiger partial charge in [0.05, 0.1) is 11.8 Å². The van der Waals surface area contributed by atoms with E-state index in [4.69, 9.17) is 28.3 Å². The van der Waals surface area contributed by atoms with E-state index in [1.807, 2.05) is 4.98 Å². The Morgan fingerprint density at radius 2 is 1.93 bits per heavy atom. The van der Waals surface area contributed by atoms with E-state index >= 15 is 0 Å². The fourth-order valence-electron chi connectivity index (χ4n) is 3.19. The lowest BCUT2D eigenvalue weighted by Gasteiger charge is -2.20. The lowest BCUT2D eigenvalue weighted by molar-refractivity contribution is 0.0685. The van der Waals surface area contributed by atoms with Crippen LogP contribution < -0.4 is 11.2 Å². The van der Waals surface area contributed by atoms with E-state index in [2.05, 4.69) is 11.2 Å². The molecule has 0 radical (unpaired) electrons. The van der Waals surface area contributed by atoms with Gasteiger partial charge in [0.15, 0.2) is 0 Å². The fraction of sp³-hybridized carbons (Fsp3) is 0.150. The summed E-state index contributed by atoms with van der Waals surface area (Å²) < 4.78 is 0.759. The van der Waals surface area contributed by atoms with Gasteiger partial charge in [-0.3, -0.25) is 9.78 Å². The number of benzene rings is 2. The van der Waals surface area contributed by atoms with Crippen LogP contribution in [0.2, 0.25) is 10.0 Å². The molecule has 3 aromatic rings. The Morgan fingerprint density at radius 1 is 1.27 bits per heavy atom. The van der Waals surface area contributed by atoms with E-state index in [1.165, 1.54) is 6.07 Å². The first-order valence-electron chi connectivity index (χ1n) is 8.62. The van der Waals surface area contributed by atoms with Gasteiger partial charge in [-0.2, -0.15) is 15.0 Å². The molecule has 1 heterocycles. The van der Waals surface area contributed by atoms with Crippen LogP contribution in [0.1, 0.15) is 39.5 Å². The smallest absolute Gasteiger partial charge is 0.362 e. The number of H-pyrrole nitrogens is 1. The number of aryl methyl sites for hydroxylation is 1. The first-order valence-corrected chi connectivity index (χ1v) is 9.38. The average Bonchev–Trinajstić information content (AvgIpc) is 2.67. The number of nitrogens with zero attached hydrogens (tertiary/aromatic N) is 3. The highest BCUT2D eigenvalue weighted by Crippen LogP contribution is 2.36. The Hall–Kier alpha value is -3.41. The molecule has 3 rings (SSSR count). The molecule has 30 heavy (non-hydrogen) atoms. The van der Waals surface area contributed by atoms with Crippen LogP contribution in [0, 0.1) is 18.3 Å². The topological polar surface area (TPSA) is 129 Å². The Kier molecular flexibility index (Phi) is 6.06. The minimum Gasteiger partial charge on any atom is -0.476 e. The summed E-state index contributed by atoms with van der Waals surface area (Å²) in [5.41, 5.74) is -0.469. The van der Waals surface area contributed by atoms with Crippen molar-refractivity contribution in [1.82, 2.24) is 14.8 Å². The van der Waals surface area contributed by atoms with Crippen LogP contribution in [0.25, 0.3) is 5.69 Å². The standard InChI is InChI=1S/C20H14Cl2N4O4/c1-10-8-13(26-20(30)24-18(27)17(25-26)19(28)29)9-15(22)16(10)14(6-7-23)11-2-4-12(21)5-3-11/h2-5,8-9,14H,6H2,1H3,(H,28,29)(H,24,27,30). The molecule has 10 heteroatoms. The van der Waals surface area contributed by atoms with Crippen molar-refractivity contribution in [2.24, 2.45) is 0 Å². The first-order chi connectivity index (χ1) is 14.2. The first kappa shape index (κ1) is 21.3. The number of nitrogens with one attached hydrogen (secondary N) is 1. The second kappa shape index (κ2) is 8.53. The minimum atomic E-state index is -1.57. The molecule has 0 aliphatic heterocycles. The highest BCUT2D eigenvalue weighted by Gasteiger charge is 2.22. The Morgan fingerprint density at radius 3 is 2.50 bits per heavy atom. The molecular formula is C20H14Cl2N4O4. The second-order valence-electron chi connectivity index (χ2n) is 6.45. The van der Waals surface area contributed by atoms with Crippen LogP contribution in [0.5, 0.6) is 0 Å². The van der Waals surface area contributed by atoms with E-state index in [1.54, 1.807) is 37.3 Å². The Labute approximate surface area is 179 Å². The third-order valence-electron chi connectivity index (χ3n) is 4.51. The third-order valence-corrected chi connectivity index (χ3v) is 5.08. The van der Waals surface area contributed by atoms with Crippen LogP contribution in [0.4, 0.5) is 0 Å². The summed E-state index contributed by atoms with van der Waals surface area (Å²) in [6, 6.07) is 12.2. The lowest BCUT2D eigenvalue weighted by Crippen LogP contribution is -2.35. The molecule has 0 spiro atoms. The van der Waals surface area contributed by atoms with Crippen LogP contribution >= 0.6 is 23.2 Å². The highest BCUT2D eigenvalue weighted by molar-refractivity contribution is 6.32. The Balaban J connectivity index is 2.16. The number of rotatable bonds is 5. The molecule has 8 nitrogen and oxygen atoms in total. The van der Waals surface area contributed by atoms with Crippen LogP contribution in [0.15, 0.2) is 46.0 Å². The van der Waals surface area contributed by atoms with E-state index in [9.17, 15) is 19.6 Å². The molecule has 0 amide bonds. The van der Waals surface area contributed by atoms with Crippen LogP contribution in [-0.4, -0.2) is 25.8 Å². The summed E-state index contributed by atoms with van der Waals surface area (Å²) in [6.45, 7) is 1.75. The van der Waals surface area contributed by atoms with Gasteiger partial charge < -0.3 is 5.11 Å². The zero-order valence-electron chi connectivity index (χ0n) is 15.5. The molecule has 1 unspecified atom stereocenters. The molecule has 0 aliphatic rings. The number of aromatic nitrogens is 3.